The summed E-state index contributed by atoms with van der Waals surface area (Å²) in [5, 5.41) is 20.4. The molecule has 0 aliphatic carbocycles. The molecule has 1 aliphatic rings. The number of amides is 4. The fourth-order valence-electron chi connectivity index (χ4n) is 5.95. The van der Waals surface area contributed by atoms with Gasteiger partial charge in [0.25, 0.3) is 0 Å². The lowest BCUT2D eigenvalue weighted by Gasteiger charge is -2.29. The number of cyclic esters (lactones) is 1. The van der Waals surface area contributed by atoms with Crippen molar-refractivity contribution in [2.24, 2.45) is 23.7 Å². The Morgan fingerprint density at radius 2 is 1.12 bits per heavy atom. The highest BCUT2D eigenvalue weighted by molar-refractivity contribution is 5.95. The Kier molecular flexibility index (Phi) is 20.8. The van der Waals surface area contributed by atoms with Gasteiger partial charge in [-0.05, 0) is 62.2 Å². The molecular formula is C37H66N4O8. The molecule has 6 atom stereocenters. The second-order valence-corrected chi connectivity index (χ2v) is 15.2. The molecule has 282 valence electrons. The van der Waals surface area contributed by atoms with E-state index in [1.54, 1.807) is 0 Å². The average Bonchev–Trinajstić information content (AvgIpc) is 2.99. The van der Waals surface area contributed by atoms with Crippen LogP contribution in [-0.4, -0.2) is 70.9 Å². The topological polar surface area (TPSA) is 180 Å². The number of carboxylic acid groups (broad SMARTS) is 1. The van der Waals surface area contributed by atoms with Crippen molar-refractivity contribution in [3.63, 3.8) is 0 Å². The summed E-state index contributed by atoms with van der Waals surface area (Å²) in [6, 6.07) is -4.24. The lowest BCUT2D eigenvalue weighted by atomic mass is 9.98. The SMILES string of the molecule is CCC(C)CCCCCCCC1CC(=O)NC(CC(C)C)C(=O)NC(CC(C)C)C(=O)NC(CC(C)C)C(=O)NC(CCC(=O)O)C(=O)O1. The van der Waals surface area contributed by atoms with Gasteiger partial charge in [0.1, 0.15) is 30.3 Å². The molecule has 0 aromatic carbocycles. The summed E-state index contributed by atoms with van der Waals surface area (Å²) < 4.78 is 5.83. The maximum atomic E-state index is 13.6. The number of rotatable bonds is 18. The number of carbonyl (C=O) groups is 6. The predicted molar refractivity (Wildman–Crippen MR) is 189 cm³/mol. The van der Waals surface area contributed by atoms with Gasteiger partial charge in [0.2, 0.25) is 23.6 Å². The minimum Gasteiger partial charge on any atom is -0.481 e. The van der Waals surface area contributed by atoms with Gasteiger partial charge in [-0.15, -0.1) is 0 Å². The Labute approximate surface area is 294 Å². The summed E-state index contributed by atoms with van der Waals surface area (Å²) in [5.74, 6) is -3.43. The van der Waals surface area contributed by atoms with Gasteiger partial charge in [-0.25, -0.2) is 4.79 Å². The Bertz CT molecular complexity index is 1060. The number of hydrogen-bond donors (Lipinski definition) is 5. The van der Waals surface area contributed by atoms with E-state index in [0.717, 1.165) is 32.1 Å². The van der Waals surface area contributed by atoms with Crippen molar-refractivity contribution in [1.82, 2.24) is 21.3 Å². The first-order chi connectivity index (χ1) is 23.0. The second-order valence-electron chi connectivity index (χ2n) is 15.2. The van der Waals surface area contributed by atoms with Crippen molar-refractivity contribution < 1.29 is 38.6 Å². The first-order valence-corrected chi connectivity index (χ1v) is 18.6. The third kappa shape index (κ3) is 19.0. The van der Waals surface area contributed by atoms with Crippen LogP contribution in [0, 0.1) is 23.7 Å². The number of unbranched alkanes of at least 4 members (excludes halogenated alkanes) is 4. The highest BCUT2D eigenvalue weighted by atomic mass is 16.5. The summed E-state index contributed by atoms with van der Waals surface area (Å²) in [7, 11) is 0. The lowest BCUT2D eigenvalue weighted by Crippen LogP contribution is -2.58. The Morgan fingerprint density at radius 1 is 0.673 bits per heavy atom. The summed E-state index contributed by atoms with van der Waals surface area (Å²) in [5.41, 5.74) is 0. The van der Waals surface area contributed by atoms with Gasteiger partial charge in [-0.3, -0.25) is 24.0 Å². The van der Waals surface area contributed by atoms with Crippen LogP contribution in [0.2, 0.25) is 0 Å². The van der Waals surface area contributed by atoms with Crippen LogP contribution in [0.1, 0.15) is 145 Å². The van der Waals surface area contributed by atoms with Gasteiger partial charge in [-0.2, -0.15) is 0 Å². The van der Waals surface area contributed by atoms with E-state index < -0.39 is 72.3 Å². The third-order valence-electron chi connectivity index (χ3n) is 8.90. The first-order valence-electron chi connectivity index (χ1n) is 18.6. The zero-order valence-electron chi connectivity index (χ0n) is 31.4. The minimum atomic E-state index is -1.30. The number of carboxylic acids is 1. The second kappa shape index (κ2) is 23.3. The molecule has 6 unspecified atom stereocenters. The van der Waals surface area contributed by atoms with Gasteiger partial charge in [0.15, 0.2) is 0 Å². The summed E-state index contributed by atoms with van der Waals surface area (Å²) in [6.07, 6.45) is 6.79. The van der Waals surface area contributed by atoms with Crippen LogP contribution in [0.5, 0.6) is 0 Å². The molecule has 0 aromatic rings. The largest absolute Gasteiger partial charge is 0.481 e. The van der Waals surface area contributed by atoms with Crippen LogP contribution in [0.25, 0.3) is 0 Å². The standard InChI is InChI=1S/C37H66N4O8/c1-9-26(8)15-13-11-10-12-14-16-27-22-32(42)38-29(19-23(2)3)34(45)40-31(21-25(6)7)36(47)41-30(20-24(4)5)35(46)39-28(37(48)49-27)17-18-33(43)44/h23-31H,9-22H2,1-8H3,(H,38,42)(H,39,46)(H,40,45)(H,41,47)(H,43,44). The van der Waals surface area contributed by atoms with E-state index >= 15 is 0 Å². The van der Waals surface area contributed by atoms with Crippen molar-refractivity contribution >= 4 is 35.6 Å². The molecule has 1 fully saturated rings. The van der Waals surface area contributed by atoms with Gasteiger partial charge >= 0.3 is 11.9 Å². The molecule has 1 saturated heterocycles. The molecular weight excluding hydrogens is 628 g/mol. The van der Waals surface area contributed by atoms with Gasteiger partial charge in [-0.1, -0.05) is 93.9 Å². The summed E-state index contributed by atoms with van der Waals surface area (Å²) in [4.78, 5) is 79.2. The minimum absolute atomic E-state index is 0.0192. The highest BCUT2D eigenvalue weighted by Crippen LogP contribution is 2.18. The number of esters is 1. The predicted octanol–water partition coefficient (Wildman–Crippen LogP) is 5.02. The Morgan fingerprint density at radius 3 is 1.59 bits per heavy atom. The number of nitrogens with one attached hydrogen (secondary N) is 4. The molecule has 5 N–H and O–H groups in total. The summed E-state index contributed by atoms with van der Waals surface area (Å²) in [6.45, 7) is 15.9. The first kappa shape index (κ1) is 43.8. The highest BCUT2D eigenvalue weighted by Gasteiger charge is 2.34. The van der Waals surface area contributed by atoms with Crippen LogP contribution >= 0.6 is 0 Å². The van der Waals surface area contributed by atoms with Crippen LogP contribution in [0.15, 0.2) is 0 Å². The molecule has 1 rings (SSSR count). The van der Waals surface area contributed by atoms with Crippen molar-refractivity contribution in [1.29, 1.82) is 0 Å². The van der Waals surface area contributed by atoms with E-state index in [1.807, 2.05) is 41.5 Å². The van der Waals surface area contributed by atoms with E-state index in [-0.39, 0.29) is 37.0 Å². The van der Waals surface area contributed by atoms with Gasteiger partial charge < -0.3 is 31.1 Å². The molecule has 12 heteroatoms. The average molecular weight is 695 g/mol. The van der Waals surface area contributed by atoms with Gasteiger partial charge in [0.05, 0.1) is 6.42 Å². The fraction of sp³-hybridized carbons (Fsp3) is 0.838. The van der Waals surface area contributed by atoms with E-state index in [1.165, 1.54) is 6.42 Å². The normalized spacial score (nSPS) is 23.9. The molecule has 1 aliphatic heterocycles. The van der Waals surface area contributed by atoms with E-state index in [4.69, 9.17) is 4.74 Å². The zero-order chi connectivity index (χ0) is 37.1. The van der Waals surface area contributed by atoms with E-state index in [0.29, 0.717) is 31.6 Å². The summed E-state index contributed by atoms with van der Waals surface area (Å²) >= 11 is 0. The van der Waals surface area contributed by atoms with Crippen LogP contribution in [0.3, 0.4) is 0 Å². The smallest absolute Gasteiger partial charge is 0.328 e. The Hall–Kier alpha value is -3.18. The van der Waals surface area contributed by atoms with Gasteiger partial charge in [0, 0.05) is 6.42 Å². The molecule has 0 spiro atoms. The molecule has 0 aromatic heterocycles. The third-order valence-corrected chi connectivity index (χ3v) is 8.90. The van der Waals surface area contributed by atoms with Crippen LogP contribution in [-0.2, 0) is 33.5 Å². The molecule has 12 nitrogen and oxygen atoms in total. The van der Waals surface area contributed by atoms with Crippen molar-refractivity contribution in [3.8, 4) is 0 Å². The van der Waals surface area contributed by atoms with Crippen molar-refractivity contribution in [2.75, 3.05) is 0 Å². The maximum absolute atomic E-state index is 13.6. The van der Waals surface area contributed by atoms with Crippen molar-refractivity contribution in [3.05, 3.63) is 0 Å². The molecule has 0 saturated carbocycles. The number of hydrogen-bond acceptors (Lipinski definition) is 7. The Balaban J connectivity index is 3.41. The molecule has 0 radical (unpaired) electrons. The van der Waals surface area contributed by atoms with Crippen LogP contribution in [0.4, 0.5) is 0 Å². The number of carbonyl (C=O) groups excluding carboxylic acids is 5. The monoisotopic (exact) mass is 694 g/mol. The van der Waals surface area contributed by atoms with E-state index in [2.05, 4.69) is 35.1 Å². The quantitative estimate of drug-likeness (QED) is 0.0980. The number of aliphatic carboxylic acids is 1. The van der Waals surface area contributed by atoms with Crippen LogP contribution < -0.4 is 21.3 Å². The number of ether oxygens (including phenoxy) is 1. The molecule has 1 heterocycles. The van der Waals surface area contributed by atoms with Crippen molar-refractivity contribution in [2.45, 2.75) is 176 Å². The maximum Gasteiger partial charge on any atom is 0.328 e. The lowest BCUT2D eigenvalue weighted by molar-refractivity contribution is -0.155. The van der Waals surface area contributed by atoms with E-state index in [9.17, 15) is 33.9 Å². The molecule has 49 heavy (non-hydrogen) atoms. The molecule has 4 amide bonds. The molecule has 0 bridgehead atoms. The zero-order valence-corrected chi connectivity index (χ0v) is 31.4. The fourth-order valence-corrected chi connectivity index (χ4v) is 5.95.